The van der Waals surface area contributed by atoms with Gasteiger partial charge >= 0.3 is 5.97 Å². The quantitative estimate of drug-likeness (QED) is 0.856. The molecule has 2 rings (SSSR count). The number of pyridine rings is 1. The Morgan fingerprint density at radius 1 is 1.45 bits per heavy atom. The standard InChI is InChI=1S/C15H18N2O2S/c1-4-19-15(18)13-6-5-7-16-14(13)17-9-12-8-10(2)11(3)20-12/h5-8H,4,9H2,1-3H3,(H,16,17). The predicted molar refractivity (Wildman–Crippen MR) is 81.3 cm³/mol. The molecule has 5 heteroatoms. The number of hydrogen-bond acceptors (Lipinski definition) is 5. The number of esters is 1. The summed E-state index contributed by atoms with van der Waals surface area (Å²) in [4.78, 5) is 18.6. The number of ether oxygens (including phenoxy) is 1. The highest BCUT2D eigenvalue weighted by Crippen LogP contribution is 2.22. The summed E-state index contributed by atoms with van der Waals surface area (Å²) in [5.74, 6) is 0.219. The van der Waals surface area contributed by atoms with E-state index in [0.29, 0.717) is 24.5 Å². The van der Waals surface area contributed by atoms with Gasteiger partial charge < -0.3 is 10.1 Å². The van der Waals surface area contributed by atoms with Crippen molar-refractivity contribution in [2.24, 2.45) is 0 Å². The molecule has 2 aromatic rings. The fraction of sp³-hybridized carbons (Fsp3) is 0.333. The van der Waals surface area contributed by atoms with Crippen LogP contribution >= 0.6 is 11.3 Å². The molecule has 0 unspecified atom stereocenters. The molecule has 2 heterocycles. The normalized spacial score (nSPS) is 10.3. The molecule has 0 spiro atoms. The van der Waals surface area contributed by atoms with Gasteiger partial charge in [-0.05, 0) is 44.5 Å². The highest BCUT2D eigenvalue weighted by Gasteiger charge is 2.13. The maximum atomic E-state index is 11.8. The summed E-state index contributed by atoms with van der Waals surface area (Å²) in [7, 11) is 0. The Bertz CT molecular complexity index is 588. The average molecular weight is 290 g/mol. The van der Waals surface area contributed by atoms with Gasteiger partial charge in [0.15, 0.2) is 0 Å². The molecule has 0 saturated heterocycles. The number of carbonyl (C=O) groups is 1. The van der Waals surface area contributed by atoms with Gasteiger partial charge in [-0.15, -0.1) is 11.3 Å². The number of carbonyl (C=O) groups excluding carboxylic acids is 1. The van der Waals surface area contributed by atoms with Gasteiger partial charge in [-0.3, -0.25) is 0 Å². The molecule has 0 aliphatic heterocycles. The van der Waals surface area contributed by atoms with Gasteiger partial charge in [0.25, 0.3) is 0 Å². The van der Waals surface area contributed by atoms with Gasteiger partial charge in [0.1, 0.15) is 11.4 Å². The number of hydrogen-bond donors (Lipinski definition) is 1. The summed E-state index contributed by atoms with van der Waals surface area (Å²) >= 11 is 1.75. The SMILES string of the molecule is CCOC(=O)c1cccnc1NCc1cc(C)c(C)s1. The van der Waals surface area contributed by atoms with Crippen LogP contribution in [0.25, 0.3) is 0 Å². The Hall–Kier alpha value is -1.88. The van der Waals surface area contributed by atoms with Crippen LogP contribution in [0.3, 0.4) is 0 Å². The molecule has 106 valence electrons. The van der Waals surface area contributed by atoms with Gasteiger partial charge in [0.2, 0.25) is 0 Å². The lowest BCUT2D eigenvalue weighted by molar-refractivity contribution is 0.0527. The third kappa shape index (κ3) is 3.36. The third-order valence-electron chi connectivity index (χ3n) is 2.95. The Kier molecular flexibility index (Phi) is 4.74. The van der Waals surface area contributed by atoms with Crippen molar-refractivity contribution in [1.29, 1.82) is 0 Å². The van der Waals surface area contributed by atoms with Crippen molar-refractivity contribution < 1.29 is 9.53 Å². The number of anilines is 1. The molecule has 2 aromatic heterocycles. The zero-order chi connectivity index (χ0) is 14.5. The fourth-order valence-electron chi connectivity index (χ4n) is 1.83. The summed E-state index contributed by atoms with van der Waals surface area (Å²) in [6.07, 6.45) is 1.66. The summed E-state index contributed by atoms with van der Waals surface area (Å²) in [6.45, 7) is 7.01. The number of thiophene rings is 1. The van der Waals surface area contributed by atoms with Crippen LogP contribution in [0.4, 0.5) is 5.82 Å². The Morgan fingerprint density at radius 2 is 2.25 bits per heavy atom. The van der Waals surface area contributed by atoms with Crippen molar-refractivity contribution in [3.8, 4) is 0 Å². The lowest BCUT2D eigenvalue weighted by Crippen LogP contribution is -2.10. The second-order valence-electron chi connectivity index (χ2n) is 4.43. The summed E-state index contributed by atoms with van der Waals surface area (Å²) in [5.41, 5.74) is 1.76. The van der Waals surface area contributed by atoms with Crippen LogP contribution in [0, 0.1) is 13.8 Å². The topological polar surface area (TPSA) is 51.2 Å². The molecule has 4 nitrogen and oxygen atoms in total. The van der Waals surface area contributed by atoms with Crippen molar-refractivity contribution in [1.82, 2.24) is 4.98 Å². The smallest absolute Gasteiger partial charge is 0.341 e. The van der Waals surface area contributed by atoms with Crippen LogP contribution in [0.15, 0.2) is 24.4 Å². The first-order valence-electron chi connectivity index (χ1n) is 6.53. The minimum Gasteiger partial charge on any atom is -0.462 e. The lowest BCUT2D eigenvalue weighted by Gasteiger charge is -2.09. The van der Waals surface area contributed by atoms with E-state index in [1.807, 2.05) is 0 Å². The molecule has 0 aliphatic carbocycles. The second kappa shape index (κ2) is 6.52. The highest BCUT2D eigenvalue weighted by atomic mass is 32.1. The summed E-state index contributed by atoms with van der Waals surface area (Å²) in [6, 6.07) is 5.61. The first-order chi connectivity index (χ1) is 9.61. The van der Waals surface area contributed by atoms with E-state index in [1.165, 1.54) is 15.3 Å². The van der Waals surface area contributed by atoms with Gasteiger partial charge in [-0.1, -0.05) is 0 Å². The maximum Gasteiger partial charge on any atom is 0.341 e. The molecule has 0 atom stereocenters. The monoisotopic (exact) mass is 290 g/mol. The molecule has 0 radical (unpaired) electrons. The first kappa shape index (κ1) is 14.5. The zero-order valence-corrected chi connectivity index (χ0v) is 12.7. The van der Waals surface area contributed by atoms with Crippen molar-refractivity contribution in [2.75, 3.05) is 11.9 Å². The molecular weight excluding hydrogens is 272 g/mol. The van der Waals surface area contributed by atoms with Crippen molar-refractivity contribution in [3.63, 3.8) is 0 Å². The Balaban J connectivity index is 2.11. The second-order valence-corrected chi connectivity index (χ2v) is 5.77. The zero-order valence-electron chi connectivity index (χ0n) is 11.9. The summed E-state index contributed by atoms with van der Waals surface area (Å²) < 4.78 is 5.03. The van der Waals surface area contributed by atoms with E-state index in [4.69, 9.17) is 4.74 Å². The van der Waals surface area contributed by atoms with E-state index in [1.54, 1.807) is 36.6 Å². The van der Waals surface area contributed by atoms with E-state index in [-0.39, 0.29) is 5.97 Å². The van der Waals surface area contributed by atoms with Crippen LogP contribution in [-0.2, 0) is 11.3 Å². The largest absolute Gasteiger partial charge is 0.462 e. The first-order valence-corrected chi connectivity index (χ1v) is 7.35. The van der Waals surface area contributed by atoms with Gasteiger partial charge in [0.05, 0.1) is 13.2 Å². The number of nitrogens with zero attached hydrogens (tertiary/aromatic N) is 1. The fourth-order valence-corrected chi connectivity index (χ4v) is 2.82. The lowest BCUT2D eigenvalue weighted by atomic mass is 10.2. The maximum absolute atomic E-state index is 11.8. The average Bonchev–Trinajstić information content (AvgIpc) is 2.76. The van der Waals surface area contributed by atoms with Crippen LogP contribution < -0.4 is 5.32 Å². The Labute approximate surface area is 122 Å². The van der Waals surface area contributed by atoms with Crippen molar-refractivity contribution >= 4 is 23.1 Å². The number of nitrogens with one attached hydrogen (secondary N) is 1. The van der Waals surface area contributed by atoms with E-state index in [2.05, 4.69) is 30.2 Å². The van der Waals surface area contributed by atoms with Gasteiger partial charge in [-0.25, -0.2) is 9.78 Å². The predicted octanol–water partition coefficient (Wildman–Crippen LogP) is 3.55. The summed E-state index contributed by atoms with van der Waals surface area (Å²) in [5, 5.41) is 3.21. The van der Waals surface area contributed by atoms with Crippen LogP contribution in [-0.4, -0.2) is 17.6 Å². The highest BCUT2D eigenvalue weighted by molar-refractivity contribution is 7.12. The molecule has 0 fully saturated rings. The van der Waals surface area contributed by atoms with E-state index >= 15 is 0 Å². The van der Waals surface area contributed by atoms with Crippen molar-refractivity contribution in [2.45, 2.75) is 27.3 Å². The minimum absolute atomic E-state index is 0.346. The molecular formula is C15H18N2O2S. The van der Waals surface area contributed by atoms with Crippen LogP contribution in [0.2, 0.25) is 0 Å². The van der Waals surface area contributed by atoms with Gasteiger partial charge in [-0.2, -0.15) is 0 Å². The number of rotatable bonds is 5. The third-order valence-corrected chi connectivity index (χ3v) is 4.10. The molecule has 0 aliphatic rings. The Morgan fingerprint density at radius 3 is 2.90 bits per heavy atom. The molecule has 0 saturated carbocycles. The van der Waals surface area contributed by atoms with Crippen LogP contribution in [0.5, 0.6) is 0 Å². The number of aromatic nitrogens is 1. The van der Waals surface area contributed by atoms with Gasteiger partial charge in [0, 0.05) is 16.0 Å². The van der Waals surface area contributed by atoms with Crippen molar-refractivity contribution in [3.05, 3.63) is 45.3 Å². The molecule has 20 heavy (non-hydrogen) atoms. The minimum atomic E-state index is -0.346. The molecule has 1 N–H and O–H groups in total. The van der Waals surface area contributed by atoms with E-state index in [9.17, 15) is 4.79 Å². The molecule has 0 aromatic carbocycles. The molecule has 0 bridgehead atoms. The van der Waals surface area contributed by atoms with E-state index in [0.717, 1.165) is 0 Å². The van der Waals surface area contributed by atoms with Crippen LogP contribution in [0.1, 0.15) is 32.6 Å². The van der Waals surface area contributed by atoms with E-state index < -0.39 is 0 Å². The molecule has 0 amide bonds. The number of aryl methyl sites for hydroxylation is 2.